The summed E-state index contributed by atoms with van der Waals surface area (Å²) in [6.07, 6.45) is 9.93. The zero-order valence-electron chi connectivity index (χ0n) is 11.8. The van der Waals surface area contributed by atoms with Crippen LogP contribution in [0.2, 0.25) is 0 Å². The van der Waals surface area contributed by atoms with E-state index in [1.54, 1.807) is 0 Å². The summed E-state index contributed by atoms with van der Waals surface area (Å²) in [5.74, 6) is 0.997. The van der Waals surface area contributed by atoms with Gasteiger partial charge in [0, 0.05) is 12.6 Å². The van der Waals surface area contributed by atoms with Gasteiger partial charge in [0.15, 0.2) is 0 Å². The molecular weight excluding hydrogens is 208 g/mol. The average molecular weight is 238 g/mol. The number of hydrogen-bond acceptors (Lipinski definition) is 2. The maximum atomic E-state index is 5.98. The molecule has 0 amide bonds. The lowest BCUT2D eigenvalue weighted by Gasteiger charge is -2.47. The van der Waals surface area contributed by atoms with Crippen molar-refractivity contribution < 1.29 is 0 Å². The van der Waals surface area contributed by atoms with Crippen LogP contribution < -0.4 is 5.73 Å². The molecule has 0 aromatic carbocycles. The van der Waals surface area contributed by atoms with Gasteiger partial charge in [0.25, 0.3) is 0 Å². The molecule has 2 nitrogen and oxygen atoms in total. The molecule has 1 saturated heterocycles. The smallest absolute Gasteiger partial charge is 0.0124 e. The summed E-state index contributed by atoms with van der Waals surface area (Å²) in [6.45, 7) is 8.02. The monoisotopic (exact) mass is 238 g/mol. The number of nitrogens with zero attached hydrogens (tertiary/aromatic N) is 1. The Kier molecular flexibility index (Phi) is 4.48. The molecule has 0 aromatic heterocycles. The van der Waals surface area contributed by atoms with Crippen molar-refractivity contribution in [1.82, 2.24) is 4.90 Å². The lowest BCUT2D eigenvalue weighted by Crippen LogP contribution is -2.51. The number of nitrogens with two attached hydrogens (primary N) is 1. The fourth-order valence-electron chi connectivity index (χ4n) is 3.74. The minimum atomic E-state index is 0.333. The molecule has 2 heteroatoms. The lowest BCUT2D eigenvalue weighted by atomic mass is 9.76. The van der Waals surface area contributed by atoms with E-state index in [2.05, 4.69) is 18.7 Å². The number of fused-ring (bicyclic) bond motifs is 1. The second-order valence-electron chi connectivity index (χ2n) is 6.59. The van der Waals surface area contributed by atoms with Crippen molar-refractivity contribution in [3.63, 3.8) is 0 Å². The zero-order valence-corrected chi connectivity index (χ0v) is 11.8. The molecule has 1 heterocycles. The highest BCUT2D eigenvalue weighted by Crippen LogP contribution is 2.37. The van der Waals surface area contributed by atoms with Gasteiger partial charge in [0.1, 0.15) is 0 Å². The highest BCUT2D eigenvalue weighted by atomic mass is 15.2. The highest BCUT2D eigenvalue weighted by molar-refractivity contribution is 4.90. The molecule has 0 radical (unpaired) electrons. The average Bonchev–Trinajstić information content (AvgIpc) is 2.39. The van der Waals surface area contributed by atoms with Gasteiger partial charge in [0.05, 0.1) is 0 Å². The van der Waals surface area contributed by atoms with Gasteiger partial charge in [0.2, 0.25) is 0 Å². The van der Waals surface area contributed by atoms with Crippen LogP contribution in [0.4, 0.5) is 0 Å². The Morgan fingerprint density at radius 1 is 1.18 bits per heavy atom. The molecule has 1 aliphatic carbocycles. The molecule has 1 saturated carbocycles. The van der Waals surface area contributed by atoms with Crippen LogP contribution in [0, 0.1) is 11.3 Å². The summed E-state index contributed by atoms with van der Waals surface area (Å²) in [5.41, 5.74) is 6.31. The minimum Gasteiger partial charge on any atom is -0.330 e. The minimum absolute atomic E-state index is 0.333. The van der Waals surface area contributed by atoms with E-state index < -0.39 is 0 Å². The van der Waals surface area contributed by atoms with Crippen molar-refractivity contribution in [2.45, 2.75) is 64.8 Å². The Bertz CT molecular complexity index is 233. The first-order chi connectivity index (χ1) is 8.18. The van der Waals surface area contributed by atoms with E-state index in [0.717, 1.165) is 18.5 Å². The Balaban J connectivity index is 1.98. The molecule has 100 valence electrons. The van der Waals surface area contributed by atoms with Gasteiger partial charge < -0.3 is 5.73 Å². The molecule has 2 aliphatic rings. The van der Waals surface area contributed by atoms with Crippen molar-refractivity contribution in [2.75, 3.05) is 19.6 Å². The summed E-state index contributed by atoms with van der Waals surface area (Å²) in [4.78, 5) is 2.78. The van der Waals surface area contributed by atoms with E-state index in [9.17, 15) is 0 Å². The van der Waals surface area contributed by atoms with Crippen LogP contribution in [0.15, 0.2) is 0 Å². The van der Waals surface area contributed by atoms with E-state index in [1.165, 1.54) is 58.0 Å². The quantitative estimate of drug-likeness (QED) is 0.816. The van der Waals surface area contributed by atoms with Gasteiger partial charge in [-0.2, -0.15) is 0 Å². The molecule has 1 unspecified atom stereocenters. The summed E-state index contributed by atoms with van der Waals surface area (Å²) in [5, 5.41) is 0. The second kappa shape index (κ2) is 5.71. The maximum Gasteiger partial charge on any atom is 0.0124 e. The Morgan fingerprint density at radius 2 is 1.88 bits per heavy atom. The van der Waals surface area contributed by atoms with Crippen LogP contribution in [-0.2, 0) is 0 Å². The standard InChI is InChI=1S/C15H30N2/c1-3-15(2,11-16)12-17-10-6-8-13-7-4-5-9-14(13)17/h13-14H,3-12,16H2,1-2H3/t13-,14-,15?/m1/s1. The number of hydrogen-bond donors (Lipinski definition) is 1. The van der Waals surface area contributed by atoms with E-state index in [0.29, 0.717) is 5.41 Å². The van der Waals surface area contributed by atoms with Gasteiger partial charge in [-0.3, -0.25) is 4.90 Å². The van der Waals surface area contributed by atoms with Crippen molar-refractivity contribution in [3.05, 3.63) is 0 Å². The van der Waals surface area contributed by atoms with Crippen molar-refractivity contribution >= 4 is 0 Å². The summed E-state index contributed by atoms with van der Waals surface area (Å²) >= 11 is 0. The molecule has 1 aliphatic heterocycles. The Morgan fingerprint density at radius 3 is 2.59 bits per heavy atom. The van der Waals surface area contributed by atoms with Gasteiger partial charge in [-0.1, -0.05) is 26.7 Å². The number of piperidine rings is 1. The van der Waals surface area contributed by atoms with E-state index in [1.807, 2.05) is 0 Å². The maximum absolute atomic E-state index is 5.98. The van der Waals surface area contributed by atoms with Crippen LogP contribution >= 0.6 is 0 Å². The van der Waals surface area contributed by atoms with Gasteiger partial charge in [-0.15, -0.1) is 0 Å². The molecule has 2 fully saturated rings. The van der Waals surface area contributed by atoms with Crippen LogP contribution in [0.25, 0.3) is 0 Å². The summed E-state index contributed by atoms with van der Waals surface area (Å²) in [6, 6.07) is 0.884. The van der Waals surface area contributed by atoms with Crippen molar-refractivity contribution in [3.8, 4) is 0 Å². The molecule has 0 spiro atoms. The van der Waals surface area contributed by atoms with Gasteiger partial charge >= 0.3 is 0 Å². The fraction of sp³-hybridized carbons (Fsp3) is 1.00. The first kappa shape index (κ1) is 13.4. The normalized spacial score (nSPS) is 34.1. The van der Waals surface area contributed by atoms with E-state index in [4.69, 9.17) is 5.73 Å². The van der Waals surface area contributed by atoms with Crippen molar-refractivity contribution in [1.29, 1.82) is 0 Å². The largest absolute Gasteiger partial charge is 0.330 e. The van der Waals surface area contributed by atoms with Gasteiger partial charge in [-0.25, -0.2) is 0 Å². The second-order valence-corrected chi connectivity index (χ2v) is 6.59. The van der Waals surface area contributed by atoms with E-state index in [-0.39, 0.29) is 0 Å². The zero-order chi connectivity index (χ0) is 12.3. The molecule has 0 bridgehead atoms. The highest BCUT2D eigenvalue weighted by Gasteiger charge is 2.35. The number of likely N-dealkylation sites (tertiary alicyclic amines) is 1. The molecule has 17 heavy (non-hydrogen) atoms. The van der Waals surface area contributed by atoms with Crippen LogP contribution in [0.3, 0.4) is 0 Å². The van der Waals surface area contributed by atoms with E-state index >= 15 is 0 Å². The van der Waals surface area contributed by atoms with Crippen LogP contribution in [0.5, 0.6) is 0 Å². The number of rotatable bonds is 4. The Labute approximate surface area is 107 Å². The predicted molar refractivity (Wildman–Crippen MR) is 74.0 cm³/mol. The third-order valence-electron chi connectivity index (χ3n) is 5.29. The van der Waals surface area contributed by atoms with Gasteiger partial charge in [-0.05, 0) is 56.5 Å². The third kappa shape index (κ3) is 3.03. The first-order valence-electron chi connectivity index (χ1n) is 7.62. The molecule has 2 rings (SSSR count). The molecule has 0 aromatic rings. The summed E-state index contributed by atoms with van der Waals surface area (Å²) in [7, 11) is 0. The van der Waals surface area contributed by atoms with Crippen LogP contribution in [-0.4, -0.2) is 30.6 Å². The molecular formula is C15H30N2. The SMILES string of the molecule is CCC(C)(CN)CN1CCC[C@H]2CCCC[C@H]21. The molecule has 2 N–H and O–H groups in total. The lowest BCUT2D eigenvalue weighted by molar-refractivity contribution is 0.0287. The summed E-state index contributed by atoms with van der Waals surface area (Å²) < 4.78 is 0. The fourth-order valence-corrected chi connectivity index (χ4v) is 3.74. The Hall–Kier alpha value is -0.0800. The van der Waals surface area contributed by atoms with Crippen molar-refractivity contribution in [2.24, 2.45) is 17.1 Å². The topological polar surface area (TPSA) is 29.3 Å². The molecule has 3 atom stereocenters. The third-order valence-corrected chi connectivity index (χ3v) is 5.29. The predicted octanol–water partition coefficient (Wildman–Crippen LogP) is 3.02. The van der Waals surface area contributed by atoms with Crippen LogP contribution in [0.1, 0.15) is 58.8 Å². The first-order valence-corrected chi connectivity index (χ1v) is 7.62.